The third-order valence-electron chi connectivity index (χ3n) is 2.62. The topological polar surface area (TPSA) is 88.3 Å². The minimum absolute atomic E-state index is 0.0543. The zero-order chi connectivity index (χ0) is 14.6. The van der Waals surface area contributed by atoms with Crippen molar-refractivity contribution in [1.82, 2.24) is 19.6 Å². The molecule has 108 valence electrons. The first-order chi connectivity index (χ1) is 9.50. The fraction of sp³-hybridized carbons (Fsp3) is 0.333. The van der Waals surface area contributed by atoms with Gasteiger partial charge in [0, 0.05) is 26.8 Å². The van der Waals surface area contributed by atoms with Gasteiger partial charge in [-0.15, -0.1) is 0 Å². The van der Waals surface area contributed by atoms with E-state index in [0.717, 1.165) is 10.00 Å². The highest BCUT2D eigenvalue weighted by atomic mass is 32.2. The lowest BCUT2D eigenvalue weighted by Gasteiger charge is -2.07. The van der Waals surface area contributed by atoms with Gasteiger partial charge in [-0.25, -0.2) is 22.7 Å². The molecule has 0 unspecified atom stereocenters. The molecular formula is C12H16N4O3S. The maximum atomic E-state index is 11.8. The molecule has 2 aromatic rings. The Morgan fingerprint density at radius 1 is 1.25 bits per heavy atom. The summed E-state index contributed by atoms with van der Waals surface area (Å²) in [6.07, 6.45) is 3.14. The molecule has 0 saturated carbocycles. The Morgan fingerprint density at radius 2 is 2.05 bits per heavy atom. The molecule has 0 aliphatic carbocycles. The number of nitrogens with zero attached hydrogens (tertiary/aromatic N) is 3. The lowest BCUT2D eigenvalue weighted by Crippen LogP contribution is -2.21. The highest BCUT2D eigenvalue weighted by molar-refractivity contribution is 7.88. The molecule has 0 spiro atoms. The Kier molecular flexibility index (Phi) is 4.48. The van der Waals surface area contributed by atoms with E-state index in [1.165, 1.54) is 26.5 Å². The summed E-state index contributed by atoms with van der Waals surface area (Å²) in [4.78, 5) is 7.90. The van der Waals surface area contributed by atoms with Crippen molar-refractivity contribution in [3.05, 3.63) is 42.2 Å². The molecule has 2 aromatic heterocycles. The van der Waals surface area contributed by atoms with Crippen LogP contribution >= 0.6 is 0 Å². The summed E-state index contributed by atoms with van der Waals surface area (Å²) in [5.74, 6) is 0.555. The van der Waals surface area contributed by atoms with E-state index in [0.29, 0.717) is 18.8 Å². The SMILES string of the molecule is CN(C)S(=O)(=O)c1ccc(CNCc2ccncn2)o1. The molecule has 20 heavy (non-hydrogen) atoms. The smallest absolute Gasteiger partial charge is 0.275 e. The van der Waals surface area contributed by atoms with Gasteiger partial charge in [-0.3, -0.25) is 0 Å². The summed E-state index contributed by atoms with van der Waals surface area (Å²) in [7, 11) is -0.589. The monoisotopic (exact) mass is 296 g/mol. The van der Waals surface area contributed by atoms with Crippen LogP contribution in [0.2, 0.25) is 0 Å². The van der Waals surface area contributed by atoms with Crippen molar-refractivity contribution in [2.24, 2.45) is 0 Å². The Bertz CT molecular complexity index is 652. The van der Waals surface area contributed by atoms with Gasteiger partial charge in [0.15, 0.2) is 0 Å². The van der Waals surface area contributed by atoms with E-state index in [-0.39, 0.29) is 5.09 Å². The predicted octanol–water partition coefficient (Wildman–Crippen LogP) is 0.610. The van der Waals surface area contributed by atoms with Gasteiger partial charge >= 0.3 is 0 Å². The molecule has 0 fully saturated rings. The molecule has 0 saturated heterocycles. The number of furan rings is 1. The minimum atomic E-state index is -3.51. The molecular weight excluding hydrogens is 280 g/mol. The van der Waals surface area contributed by atoms with Crippen molar-refractivity contribution < 1.29 is 12.8 Å². The fourth-order valence-electron chi connectivity index (χ4n) is 1.51. The summed E-state index contributed by atoms with van der Waals surface area (Å²) in [6, 6.07) is 4.90. The molecule has 0 aromatic carbocycles. The van der Waals surface area contributed by atoms with E-state index in [9.17, 15) is 8.42 Å². The highest BCUT2D eigenvalue weighted by Crippen LogP contribution is 2.16. The van der Waals surface area contributed by atoms with Gasteiger partial charge in [-0.2, -0.15) is 0 Å². The quantitative estimate of drug-likeness (QED) is 0.840. The molecule has 0 aliphatic heterocycles. The van der Waals surface area contributed by atoms with Crippen LogP contribution in [-0.2, 0) is 23.1 Å². The number of hydrogen-bond donors (Lipinski definition) is 1. The van der Waals surface area contributed by atoms with Gasteiger partial charge in [0.2, 0.25) is 5.09 Å². The highest BCUT2D eigenvalue weighted by Gasteiger charge is 2.21. The van der Waals surface area contributed by atoms with E-state index >= 15 is 0 Å². The minimum Gasteiger partial charge on any atom is -0.447 e. The Balaban J connectivity index is 1.94. The van der Waals surface area contributed by atoms with Gasteiger partial charge in [0.25, 0.3) is 10.0 Å². The Labute approximate surface area is 117 Å². The van der Waals surface area contributed by atoms with Crippen LogP contribution in [0.3, 0.4) is 0 Å². The Hall–Kier alpha value is -1.77. The third kappa shape index (κ3) is 3.41. The van der Waals surface area contributed by atoms with Crippen LogP contribution in [-0.4, -0.2) is 36.8 Å². The zero-order valence-electron chi connectivity index (χ0n) is 11.3. The first-order valence-corrected chi connectivity index (χ1v) is 7.41. The van der Waals surface area contributed by atoms with Crippen LogP contribution in [0, 0.1) is 0 Å². The average Bonchev–Trinajstić information content (AvgIpc) is 2.89. The van der Waals surface area contributed by atoms with Gasteiger partial charge in [-0.1, -0.05) is 0 Å². The van der Waals surface area contributed by atoms with Crippen molar-refractivity contribution in [3.63, 3.8) is 0 Å². The molecule has 0 atom stereocenters. The van der Waals surface area contributed by atoms with Crippen LogP contribution in [0.15, 0.2) is 40.2 Å². The zero-order valence-corrected chi connectivity index (χ0v) is 12.1. The molecule has 2 rings (SSSR count). The molecule has 0 radical (unpaired) electrons. The summed E-state index contributed by atoms with van der Waals surface area (Å²) in [6.45, 7) is 0.978. The second kappa shape index (κ2) is 6.12. The predicted molar refractivity (Wildman–Crippen MR) is 72.2 cm³/mol. The number of hydrogen-bond acceptors (Lipinski definition) is 6. The van der Waals surface area contributed by atoms with Crippen molar-refractivity contribution >= 4 is 10.0 Å². The molecule has 2 heterocycles. The van der Waals surface area contributed by atoms with E-state index in [2.05, 4.69) is 15.3 Å². The number of aromatic nitrogens is 2. The third-order valence-corrected chi connectivity index (χ3v) is 4.31. The maximum Gasteiger partial charge on any atom is 0.275 e. The lowest BCUT2D eigenvalue weighted by molar-refractivity contribution is 0.388. The van der Waals surface area contributed by atoms with E-state index in [1.54, 1.807) is 18.3 Å². The van der Waals surface area contributed by atoms with Crippen LogP contribution in [0.1, 0.15) is 11.5 Å². The van der Waals surface area contributed by atoms with Gasteiger partial charge in [-0.05, 0) is 18.2 Å². The van der Waals surface area contributed by atoms with E-state index in [4.69, 9.17) is 4.42 Å². The molecule has 0 amide bonds. The largest absolute Gasteiger partial charge is 0.447 e. The molecule has 7 nitrogen and oxygen atoms in total. The maximum absolute atomic E-state index is 11.8. The summed E-state index contributed by atoms with van der Waals surface area (Å²) < 4.78 is 30.1. The van der Waals surface area contributed by atoms with Crippen molar-refractivity contribution in [2.45, 2.75) is 18.2 Å². The van der Waals surface area contributed by atoms with Gasteiger partial charge in [0.1, 0.15) is 12.1 Å². The van der Waals surface area contributed by atoms with Crippen molar-refractivity contribution in [2.75, 3.05) is 14.1 Å². The summed E-state index contributed by atoms with van der Waals surface area (Å²) in [5.41, 5.74) is 0.854. The standard InChI is InChI=1S/C12H16N4O3S/c1-16(2)20(17,18)12-4-3-11(19-12)8-14-7-10-5-6-13-9-15-10/h3-6,9,14H,7-8H2,1-2H3. The average molecular weight is 296 g/mol. The van der Waals surface area contributed by atoms with Gasteiger partial charge < -0.3 is 9.73 Å². The van der Waals surface area contributed by atoms with E-state index in [1.807, 2.05) is 0 Å². The summed E-state index contributed by atoms with van der Waals surface area (Å²) >= 11 is 0. The number of rotatable bonds is 6. The van der Waals surface area contributed by atoms with Crippen LogP contribution < -0.4 is 5.32 Å². The molecule has 0 bridgehead atoms. The van der Waals surface area contributed by atoms with Crippen LogP contribution in [0.5, 0.6) is 0 Å². The Morgan fingerprint density at radius 3 is 2.70 bits per heavy atom. The first kappa shape index (κ1) is 14.6. The van der Waals surface area contributed by atoms with Crippen LogP contribution in [0.4, 0.5) is 0 Å². The molecule has 0 aliphatic rings. The second-order valence-corrected chi connectivity index (χ2v) is 6.40. The fourth-order valence-corrected chi connectivity index (χ4v) is 2.32. The summed E-state index contributed by atoms with van der Waals surface area (Å²) in [5, 5.41) is 3.07. The number of sulfonamides is 1. The first-order valence-electron chi connectivity index (χ1n) is 5.97. The second-order valence-electron chi connectivity index (χ2n) is 4.31. The molecule has 1 N–H and O–H groups in total. The van der Waals surface area contributed by atoms with Gasteiger partial charge in [0.05, 0.1) is 12.2 Å². The number of nitrogens with one attached hydrogen (secondary N) is 1. The lowest BCUT2D eigenvalue weighted by atomic mass is 10.4. The van der Waals surface area contributed by atoms with Crippen LogP contribution in [0.25, 0.3) is 0 Å². The van der Waals surface area contributed by atoms with E-state index < -0.39 is 10.0 Å². The van der Waals surface area contributed by atoms with Crippen molar-refractivity contribution in [3.8, 4) is 0 Å². The normalized spacial score (nSPS) is 11.9. The van der Waals surface area contributed by atoms with Crippen molar-refractivity contribution in [1.29, 1.82) is 0 Å². The molecule has 8 heteroatoms.